The van der Waals surface area contributed by atoms with Gasteiger partial charge in [0.15, 0.2) is 5.69 Å². The molecule has 0 radical (unpaired) electrons. The highest BCUT2D eigenvalue weighted by Crippen LogP contribution is 2.36. The van der Waals surface area contributed by atoms with Crippen molar-refractivity contribution in [2.45, 2.75) is 12.2 Å². The summed E-state index contributed by atoms with van der Waals surface area (Å²) in [5.74, 6) is -2.53. The molecule has 5 rings (SSSR count). The third kappa shape index (κ3) is 4.30. The Balaban J connectivity index is 1.22. The molecule has 3 aromatic rings. The van der Waals surface area contributed by atoms with Crippen LogP contribution in [0.4, 0.5) is 13.2 Å². The second kappa shape index (κ2) is 8.84. The molecule has 8 nitrogen and oxygen atoms in total. The predicted molar refractivity (Wildman–Crippen MR) is 116 cm³/mol. The quantitative estimate of drug-likeness (QED) is 0.558. The molecule has 0 unspecified atom stereocenters. The van der Waals surface area contributed by atoms with Crippen molar-refractivity contribution in [1.82, 2.24) is 24.7 Å². The molecule has 0 spiro atoms. The number of piperazine rings is 1. The first-order chi connectivity index (χ1) is 16.3. The van der Waals surface area contributed by atoms with Crippen LogP contribution in [-0.2, 0) is 6.18 Å². The zero-order valence-corrected chi connectivity index (χ0v) is 18.7. The van der Waals surface area contributed by atoms with E-state index < -0.39 is 23.5 Å². The number of carbonyl (C=O) groups is 2. The van der Waals surface area contributed by atoms with Crippen LogP contribution < -0.4 is 0 Å². The van der Waals surface area contributed by atoms with Gasteiger partial charge in [-0.1, -0.05) is 18.2 Å². The summed E-state index contributed by atoms with van der Waals surface area (Å²) in [4.78, 5) is 38.5. The van der Waals surface area contributed by atoms with Crippen LogP contribution in [0, 0.1) is 0 Å². The molecule has 178 valence electrons. The molecular formula is C22H20F3N5O3S. The van der Waals surface area contributed by atoms with E-state index in [1.807, 2.05) is 0 Å². The number of benzene rings is 1. The van der Waals surface area contributed by atoms with E-state index in [2.05, 4.69) is 14.9 Å². The Morgan fingerprint density at radius 3 is 2.32 bits per heavy atom. The van der Waals surface area contributed by atoms with E-state index in [0.717, 1.165) is 0 Å². The van der Waals surface area contributed by atoms with Crippen molar-refractivity contribution in [2.75, 3.05) is 39.3 Å². The number of halogens is 3. The molecule has 2 aliphatic rings. The summed E-state index contributed by atoms with van der Waals surface area (Å²) >= 11 is 1.37. The monoisotopic (exact) mass is 491 g/mol. The maximum absolute atomic E-state index is 13.5. The zero-order chi connectivity index (χ0) is 23.9. The molecular weight excluding hydrogens is 471 g/mol. The Morgan fingerprint density at radius 2 is 1.71 bits per heavy atom. The summed E-state index contributed by atoms with van der Waals surface area (Å²) in [6, 6.07) is 8.18. The molecule has 2 saturated heterocycles. The second-order valence-corrected chi connectivity index (χ2v) is 8.85. The summed E-state index contributed by atoms with van der Waals surface area (Å²) in [5.41, 5.74) is 1.69. The van der Waals surface area contributed by atoms with Crippen LogP contribution in [0.5, 0.6) is 0 Å². The Kier molecular flexibility index (Phi) is 5.86. The number of hydrogen-bond donors (Lipinski definition) is 0. The van der Waals surface area contributed by atoms with Gasteiger partial charge in [-0.3, -0.25) is 14.5 Å². The van der Waals surface area contributed by atoms with Gasteiger partial charge in [-0.15, -0.1) is 11.3 Å². The summed E-state index contributed by atoms with van der Waals surface area (Å²) in [6.07, 6.45) is -4.84. The minimum absolute atomic E-state index is 0.0234. The summed E-state index contributed by atoms with van der Waals surface area (Å²) in [7, 11) is 0. The molecule has 12 heteroatoms. The fourth-order valence-electron chi connectivity index (χ4n) is 4.13. The van der Waals surface area contributed by atoms with Crippen LogP contribution in [0.15, 0.2) is 45.6 Å². The number of hydrogen-bond acceptors (Lipinski definition) is 7. The van der Waals surface area contributed by atoms with Crippen molar-refractivity contribution in [3.8, 4) is 11.5 Å². The summed E-state index contributed by atoms with van der Waals surface area (Å²) in [6.45, 7) is 2.90. The molecule has 1 aromatic carbocycles. The van der Waals surface area contributed by atoms with Gasteiger partial charge in [0, 0.05) is 56.3 Å². The van der Waals surface area contributed by atoms with Crippen LogP contribution in [0.2, 0.25) is 0 Å². The molecule has 0 bridgehead atoms. The fourth-order valence-corrected chi connectivity index (χ4v) is 4.66. The van der Waals surface area contributed by atoms with Crippen LogP contribution >= 0.6 is 11.3 Å². The molecule has 34 heavy (non-hydrogen) atoms. The lowest BCUT2D eigenvalue weighted by atomic mass is 10.0. The van der Waals surface area contributed by atoms with Gasteiger partial charge in [0.25, 0.3) is 11.8 Å². The van der Waals surface area contributed by atoms with Gasteiger partial charge in [0.05, 0.1) is 5.51 Å². The van der Waals surface area contributed by atoms with E-state index in [1.54, 1.807) is 46.1 Å². The lowest BCUT2D eigenvalue weighted by Crippen LogP contribution is -2.64. The van der Waals surface area contributed by atoms with Crippen molar-refractivity contribution in [1.29, 1.82) is 0 Å². The third-order valence-corrected chi connectivity index (χ3v) is 6.61. The first kappa shape index (κ1) is 22.5. The molecule has 0 atom stereocenters. The first-order valence-corrected chi connectivity index (χ1v) is 11.6. The zero-order valence-electron chi connectivity index (χ0n) is 17.9. The van der Waals surface area contributed by atoms with Crippen LogP contribution in [-0.4, -0.2) is 81.8 Å². The largest absolute Gasteiger partial charge is 0.452 e. The normalized spacial score (nSPS) is 17.6. The van der Waals surface area contributed by atoms with Gasteiger partial charge in [-0.05, 0) is 12.1 Å². The molecule has 4 heterocycles. The number of aromatic nitrogens is 2. The smallest absolute Gasteiger partial charge is 0.431 e. The van der Waals surface area contributed by atoms with E-state index in [9.17, 15) is 22.8 Å². The lowest BCUT2D eigenvalue weighted by Gasteiger charge is -2.47. The van der Waals surface area contributed by atoms with E-state index in [-0.39, 0.29) is 17.8 Å². The van der Waals surface area contributed by atoms with Crippen LogP contribution in [0.25, 0.3) is 11.5 Å². The standard InChI is InChI=1S/C22H20F3N5O3S/c23-22(24,25)18-17(27-19(33-18)14-4-2-1-3-5-14)21(32)30-10-15(11-30)28-6-8-29(9-7-28)20(31)16-12-34-13-26-16/h1-5,12-13,15H,6-11H2. The number of oxazole rings is 1. The molecule has 0 saturated carbocycles. The van der Waals surface area contributed by atoms with Gasteiger partial charge in [-0.25, -0.2) is 9.97 Å². The van der Waals surface area contributed by atoms with Crippen LogP contribution in [0.3, 0.4) is 0 Å². The van der Waals surface area contributed by atoms with Crippen molar-refractivity contribution < 1.29 is 27.2 Å². The first-order valence-electron chi connectivity index (χ1n) is 10.7. The fraction of sp³-hybridized carbons (Fsp3) is 0.364. The minimum atomic E-state index is -4.84. The third-order valence-electron chi connectivity index (χ3n) is 6.03. The number of likely N-dealkylation sites (tertiary alicyclic amines) is 1. The SMILES string of the molecule is O=C(c1cscn1)N1CCN(C2CN(C(=O)c3nc(-c4ccccc4)oc3C(F)(F)F)C2)CC1. The Hall–Kier alpha value is -3.25. The maximum Gasteiger partial charge on any atom is 0.452 e. The predicted octanol–water partition coefficient (Wildman–Crippen LogP) is 3.10. The highest BCUT2D eigenvalue weighted by atomic mass is 32.1. The van der Waals surface area contributed by atoms with Crippen molar-refractivity contribution in [2.24, 2.45) is 0 Å². The number of alkyl halides is 3. The van der Waals surface area contributed by atoms with Crippen LogP contribution in [0.1, 0.15) is 26.7 Å². The average molecular weight is 491 g/mol. The van der Waals surface area contributed by atoms with Gasteiger partial charge >= 0.3 is 6.18 Å². The highest BCUT2D eigenvalue weighted by Gasteiger charge is 2.45. The number of rotatable bonds is 4. The van der Waals surface area contributed by atoms with E-state index in [4.69, 9.17) is 4.42 Å². The van der Waals surface area contributed by atoms with E-state index >= 15 is 0 Å². The van der Waals surface area contributed by atoms with Crippen molar-refractivity contribution >= 4 is 23.2 Å². The maximum atomic E-state index is 13.5. The van der Waals surface area contributed by atoms with Crippen molar-refractivity contribution in [3.63, 3.8) is 0 Å². The number of amides is 2. The van der Waals surface area contributed by atoms with Gasteiger partial charge in [-0.2, -0.15) is 13.2 Å². The molecule has 0 aliphatic carbocycles. The number of carbonyl (C=O) groups excluding carboxylic acids is 2. The molecule has 2 aliphatic heterocycles. The lowest BCUT2D eigenvalue weighted by molar-refractivity contribution is -0.153. The summed E-state index contributed by atoms with van der Waals surface area (Å²) in [5, 5.41) is 1.71. The van der Waals surface area contributed by atoms with Gasteiger partial charge in [0.1, 0.15) is 5.69 Å². The van der Waals surface area contributed by atoms with Gasteiger partial charge in [0.2, 0.25) is 11.7 Å². The Labute approximate surface area is 196 Å². The number of thiazole rings is 1. The second-order valence-electron chi connectivity index (χ2n) is 8.13. The molecule has 0 N–H and O–H groups in total. The molecule has 2 amide bonds. The van der Waals surface area contributed by atoms with Gasteiger partial charge < -0.3 is 14.2 Å². The average Bonchev–Trinajstić information content (AvgIpc) is 3.49. The van der Waals surface area contributed by atoms with E-state index in [1.165, 1.54) is 16.2 Å². The van der Waals surface area contributed by atoms with E-state index in [0.29, 0.717) is 50.5 Å². The number of nitrogens with zero attached hydrogens (tertiary/aromatic N) is 5. The summed E-state index contributed by atoms with van der Waals surface area (Å²) < 4.78 is 45.6. The molecule has 2 aromatic heterocycles. The topological polar surface area (TPSA) is 82.8 Å². The highest BCUT2D eigenvalue weighted by molar-refractivity contribution is 7.07. The molecule has 2 fully saturated rings. The van der Waals surface area contributed by atoms with Crippen molar-refractivity contribution in [3.05, 3.63) is 58.4 Å². The Bertz CT molecular complexity index is 1170. The minimum Gasteiger partial charge on any atom is -0.431 e. The Morgan fingerprint density at radius 1 is 1.00 bits per heavy atom.